The third-order valence-corrected chi connectivity index (χ3v) is 12.1. The molecule has 42 heavy (non-hydrogen) atoms. The van der Waals surface area contributed by atoms with Crippen LogP contribution >= 0.6 is 11.6 Å². The van der Waals surface area contributed by atoms with Gasteiger partial charge in [0.2, 0.25) is 10.0 Å². The Kier molecular flexibility index (Phi) is 7.15. The molecule has 2 atom stereocenters. The minimum absolute atomic E-state index is 0.0500. The van der Waals surface area contributed by atoms with E-state index in [-0.39, 0.29) is 17.1 Å². The number of halogens is 1. The number of likely N-dealkylation sites (tertiary alicyclic amines) is 1. The lowest BCUT2D eigenvalue weighted by Crippen LogP contribution is -2.48. The lowest BCUT2D eigenvalue weighted by atomic mass is 9.85. The van der Waals surface area contributed by atoms with Gasteiger partial charge in [-0.05, 0) is 81.2 Å². The van der Waals surface area contributed by atoms with Gasteiger partial charge in [0.05, 0.1) is 5.38 Å². The Bertz CT molecular complexity index is 1960. The van der Waals surface area contributed by atoms with Crippen molar-refractivity contribution in [3.63, 3.8) is 0 Å². The number of H-pyrrole nitrogens is 1. The summed E-state index contributed by atoms with van der Waals surface area (Å²) in [5, 5.41) is -0.467. The smallest absolute Gasteiger partial charge is 0.273 e. The molecule has 1 aliphatic heterocycles. The maximum atomic E-state index is 14.2. The average molecular weight is 605 g/mol. The maximum Gasteiger partial charge on any atom is 0.273 e. The van der Waals surface area contributed by atoms with E-state index in [0.29, 0.717) is 22.1 Å². The van der Waals surface area contributed by atoms with Gasteiger partial charge in [0, 0.05) is 41.6 Å². The number of hydrogen-bond acceptors (Lipinski definition) is 5. The van der Waals surface area contributed by atoms with Crippen LogP contribution in [0.5, 0.6) is 0 Å². The monoisotopic (exact) mass is 604 g/mol. The van der Waals surface area contributed by atoms with E-state index >= 15 is 0 Å². The van der Waals surface area contributed by atoms with E-state index in [4.69, 9.17) is 11.6 Å². The summed E-state index contributed by atoms with van der Waals surface area (Å²) in [5.74, 6) is 0. The zero-order valence-electron chi connectivity index (χ0n) is 23.7. The highest BCUT2D eigenvalue weighted by Crippen LogP contribution is 2.43. The van der Waals surface area contributed by atoms with Crippen LogP contribution in [-0.2, 0) is 10.0 Å². The summed E-state index contributed by atoms with van der Waals surface area (Å²) >= 11 is 6.98. The van der Waals surface area contributed by atoms with Crippen LogP contribution in [0.4, 0.5) is 0 Å². The molecule has 0 bridgehead atoms. The van der Waals surface area contributed by atoms with Crippen LogP contribution in [0.2, 0.25) is 0 Å². The minimum Gasteiger partial charge on any atom is -0.327 e. The topological polar surface area (TPSA) is 97.2 Å². The highest BCUT2D eigenvalue weighted by atomic mass is 35.5. The molecule has 4 heterocycles. The number of benzene rings is 1. The van der Waals surface area contributed by atoms with Gasteiger partial charge in [-0.25, -0.2) is 12.4 Å². The average Bonchev–Trinajstić information content (AvgIpc) is 3.43. The van der Waals surface area contributed by atoms with Crippen LogP contribution in [-0.4, -0.2) is 57.1 Å². The Hall–Kier alpha value is -3.66. The van der Waals surface area contributed by atoms with Gasteiger partial charge in [-0.1, -0.05) is 42.5 Å². The van der Waals surface area contributed by atoms with Gasteiger partial charge >= 0.3 is 0 Å². The second kappa shape index (κ2) is 10.6. The van der Waals surface area contributed by atoms with Gasteiger partial charge in [-0.15, -0.1) is 11.6 Å². The largest absolute Gasteiger partial charge is 0.327 e. The van der Waals surface area contributed by atoms with E-state index in [9.17, 15) is 18.0 Å². The zero-order valence-corrected chi connectivity index (χ0v) is 25.3. The van der Waals surface area contributed by atoms with E-state index in [2.05, 4.69) is 16.9 Å². The molecule has 2 unspecified atom stereocenters. The van der Waals surface area contributed by atoms with Crippen LogP contribution in [0.3, 0.4) is 0 Å². The molecule has 4 aromatic rings. The molecule has 0 saturated carbocycles. The molecular weight excluding hydrogens is 572 g/mol. The summed E-state index contributed by atoms with van der Waals surface area (Å²) in [6.45, 7) is 5.17. The summed E-state index contributed by atoms with van der Waals surface area (Å²) in [6.07, 6.45) is 10.1. The number of nitrogens with one attached hydrogen (secondary N) is 1. The third-order valence-electron chi connectivity index (χ3n) is 8.94. The number of hydrogen-bond donors (Lipinski definition) is 1. The van der Waals surface area contributed by atoms with Crippen LogP contribution in [0.1, 0.15) is 38.3 Å². The molecule has 1 aromatic carbocycles. The second-order valence-electron chi connectivity index (χ2n) is 11.4. The van der Waals surface area contributed by atoms with Crippen LogP contribution in [0.25, 0.3) is 27.6 Å². The number of nitrogens with zero attached hydrogens (tertiary/aromatic N) is 3. The first-order valence-corrected chi connectivity index (χ1v) is 15.9. The third kappa shape index (κ3) is 4.51. The van der Waals surface area contributed by atoms with Crippen molar-refractivity contribution in [2.45, 2.75) is 42.9 Å². The van der Waals surface area contributed by atoms with Crippen molar-refractivity contribution in [3.8, 4) is 11.1 Å². The van der Waals surface area contributed by atoms with Crippen molar-refractivity contribution in [3.05, 3.63) is 111 Å². The first kappa shape index (κ1) is 28.5. The highest BCUT2D eigenvalue weighted by molar-refractivity contribution is 7.91. The number of aromatic amines is 1. The summed E-state index contributed by atoms with van der Waals surface area (Å²) in [5.41, 5.74) is 3.17. The lowest BCUT2D eigenvalue weighted by Gasteiger charge is -2.37. The Morgan fingerprint density at radius 2 is 1.74 bits per heavy atom. The maximum absolute atomic E-state index is 14.2. The molecular formula is C32H33ClN4O4S. The summed E-state index contributed by atoms with van der Waals surface area (Å²) in [6, 6.07) is 14.9. The SMILES string of the molecule is CC1=CC(c2cc(=O)n(C3CCN(C)CC3)cc2-c2ccccc2)=CC(Cl)C1(C)S(=O)(=O)n1ccc2cc[nH]c(=O)c21. The quantitative estimate of drug-likeness (QED) is 0.323. The number of allylic oxidation sites excluding steroid dienone is 3. The fourth-order valence-electron chi connectivity index (χ4n) is 6.14. The molecule has 1 saturated heterocycles. The molecule has 6 rings (SSSR count). The first-order chi connectivity index (χ1) is 20.0. The molecule has 8 nitrogen and oxygen atoms in total. The summed E-state index contributed by atoms with van der Waals surface area (Å²) in [4.78, 5) is 31.0. The van der Waals surface area contributed by atoms with E-state index in [1.807, 2.05) is 41.1 Å². The van der Waals surface area contributed by atoms with Crippen molar-refractivity contribution in [1.29, 1.82) is 0 Å². The Labute approximate surface area is 249 Å². The predicted molar refractivity (Wildman–Crippen MR) is 169 cm³/mol. The molecule has 1 N–H and O–H groups in total. The van der Waals surface area contributed by atoms with E-state index < -0.39 is 25.7 Å². The number of pyridine rings is 2. The fourth-order valence-corrected chi connectivity index (χ4v) is 8.66. The molecule has 2 aliphatic rings. The predicted octanol–water partition coefficient (Wildman–Crippen LogP) is 5.01. The summed E-state index contributed by atoms with van der Waals surface area (Å²) in [7, 11) is -2.09. The van der Waals surface area contributed by atoms with E-state index in [1.165, 1.54) is 12.4 Å². The van der Waals surface area contributed by atoms with Gasteiger partial charge in [0.1, 0.15) is 10.3 Å². The molecule has 10 heteroatoms. The molecule has 1 aliphatic carbocycles. The van der Waals surface area contributed by atoms with E-state index in [0.717, 1.165) is 41.0 Å². The second-order valence-corrected chi connectivity index (χ2v) is 14.1. The number of alkyl halides is 1. The van der Waals surface area contributed by atoms with Gasteiger partial charge < -0.3 is 14.5 Å². The van der Waals surface area contributed by atoms with Crippen LogP contribution < -0.4 is 11.1 Å². The lowest BCUT2D eigenvalue weighted by molar-refractivity contribution is 0.219. The highest BCUT2D eigenvalue weighted by Gasteiger charge is 2.49. The number of rotatable bonds is 5. The Morgan fingerprint density at radius 1 is 1.02 bits per heavy atom. The minimum atomic E-state index is -4.19. The van der Waals surface area contributed by atoms with Gasteiger partial charge in [0.15, 0.2) is 0 Å². The van der Waals surface area contributed by atoms with Crippen molar-refractivity contribution in [1.82, 2.24) is 18.4 Å². The Balaban J connectivity index is 1.46. The summed E-state index contributed by atoms with van der Waals surface area (Å²) < 4.78 is 29.7. The van der Waals surface area contributed by atoms with Crippen molar-refractivity contribution in [2.75, 3.05) is 20.1 Å². The molecule has 0 amide bonds. The first-order valence-electron chi connectivity index (χ1n) is 14.0. The Morgan fingerprint density at radius 3 is 2.43 bits per heavy atom. The number of piperidine rings is 1. The van der Waals surface area contributed by atoms with Gasteiger partial charge in [-0.3, -0.25) is 9.59 Å². The van der Waals surface area contributed by atoms with E-state index in [1.54, 1.807) is 44.2 Å². The van der Waals surface area contributed by atoms with Crippen LogP contribution in [0.15, 0.2) is 94.4 Å². The van der Waals surface area contributed by atoms with Gasteiger partial charge in [0.25, 0.3) is 11.1 Å². The molecule has 3 aromatic heterocycles. The fraction of sp³-hybridized carbons (Fsp3) is 0.312. The van der Waals surface area contributed by atoms with Crippen molar-refractivity contribution >= 4 is 38.1 Å². The molecule has 0 radical (unpaired) electrons. The standard InChI is InChI=1S/C32H33ClN4O4S/c1-21-17-24(18-28(33)32(21,2)42(40,41)37-16-10-23-9-13-34-31(39)30(23)37)26-19-29(38)36(25-11-14-35(3)15-12-25)20-27(26)22-7-5-4-6-8-22/h4-10,13,16-20,25,28H,11-12,14-15H2,1-3H3,(H,34,39). The normalized spacial score (nSPS) is 22.2. The van der Waals surface area contributed by atoms with Crippen LogP contribution in [0, 0.1) is 0 Å². The van der Waals surface area contributed by atoms with Crippen molar-refractivity contribution in [2.24, 2.45) is 0 Å². The molecule has 218 valence electrons. The zero-order chi connectivity index (χ0) is 29.8. The number of fused-ring (bicyclic) bond motifs is 1. The van der Waals surface area contributed by atoms with Gasteiger partial charge in [-0.2, -0.15) is 0 Å². The number of aromatic nitrogens is 3. The van der Waals surface area contributed by atoms with Crippen molar-refractivity contribution < 1.29 is 8.42 Å². The molecule has 0 spiro atoms. The molecule has 1 fully saturated rings.